The average molecular weight is 363 g/mol. The highest BCUT2D eigenvalue weighted by atomic mass is 16.5. The fraction of sp³-hybridized carbons (Fsp3) is 0.300. The van der Waals surface area contributed by atoms with Gasteiger partial charge in [-0.3, -0.25) is 4.79 Å². The SMILES string of the molecule is CCOc1cnc(C(=O)Nc2ccc(-c3ncc4n3CCCC4)cc2)cn1. The van der Waals surface area contributed by atoms with Crippen LogP contribution >= 0.6 is 0 Å². The molecule has 0 aliphatic carbocycles. The number of carbonyl (C=O) groups excluding carboxylic acids is 1. The highest BCUT2D eigenvalue weighted by Gasteiger charge is 2.15. The van der Waals surface area contributed by atoms with Crippen molar-refractivity contribution in [2.75, 3.05) is 11.9 Å². The number of ether oxygens (including phenoxy) is 1. The monoisotopic (exact) mass is 363 g/mol. The van der Waals surface area contributed by atoms with E-state index >= 15 is 0 Å². The molecule has 0 saturated carbocycles. The van der Waals surface area contributed by atoms with Gasteiger partial charge in [0.2, 0.25) is 5.88 Å². The number of hydrogen-bond acceptors (Lipinski definition) is 5. The summed E-state index contributed by atoms with van der Waals surface area (Å²) in [4.78, 5) is 25.0. The van der Waals surface area contributed by atoms with Crippen LogP contribution in [-0.2, 0) is 13.0 Å². The van der Waals surface area contributed by atoms with Crippen molar-refractivity contribution in [2.45, 2.75) is 32.7 Å². The molecule has 7 nitrogen and oxygen atoms in total. The number of hydrogen-bond donors (Lipinski definition) is 1. The maximum Gasteiger partial charge on any atom is 0.275 e. The van der Waals surface area contributed by atoms with E-state index in [0.29, 0.717) is 18.2 Å². The maximum atomic E-state index is 12.3. The summed E-state index contributed by atoms with van der Waals surface area (Å²) in [7, 11) is 0. The number of imidazole rings is 1. The molecule has 0 atom stereocenters. The normalized spacial score (nSPS) is 13.1. The number of benzene rings is 1. The Morgan fingerprint density at radius 1 is 1.11 bits per heavy atom. The molecule has 7 heteroatoms. The molecular weight excluding hydrogens is 342 g/mol. The molecule has 0 radical (unpaired) electrons. The van der Waals surface area contributed by atoms with Crippen LogP contribution in [0.4, 0.5) is 5.69 Å². The summed E-state index contributed by atoms with van der Waals surface area (Å²) < 4.78 is 7.52. The van der Waals surface area contributed by atoms with Crippen LogP contribution in [0, 0.1) is 0 Å². The van der Waals surface area contributed by atoms with Crippen molar-refractivity contribution < 1.29 is 9.53 Å². The minimum absolute atomic E-state index is 0.241. The summed E-state index contributed by atoms with van der Waals surface area (Å²) in [6, 6.07) is 7.70. The molecular formula is C20H21N5O2. The molecule has 0 bridgehead atoms. The van der Waals surface area contributed by atoms with Gasteiger partial charge in [0.15, 0.2) is 0 Å². The minimum atomic E-state index is -0.309. The van der Waals surface area contributed by atoms with Gasteiger partial charge in [-0.1, -0.05) is 0 Å². The molecule has 27 heavy (non-hydrogen) atoms. The van der Waals surface area contributed by atoms with Crippen LogP contribution < -0.4 is 10.1 Å². The third kappa shape index (κ3) is 3.67. The molecule has 0 spiro atoms. The number of carbonyl (C=O) groups is 1. The van der Waals surface area contributed by atoms with Gasteiger partial charge < -0.3 is 14.6 Å². The van der Waals surface area contributed by atoms with E-state index in [1.54, 1.807) is 0 Å². The molecule has 0 saturated heterocycles. The summed E-state index contributed by atoms with van der Waals surface area (Å²) in [5, 5.41) is 2.84. The van der Waals surface area contributed by atoms with E-state index < -0.39 is 0 Å². The quantitative estimate of drug-likeness (QED) is 0.752. The third-order valence-electron chi connectivity index (χ3n) is 4.56. The highest BCUT2D eigenvalue weighted by Crippen LogP contribution is 2.25. The lowest BCUT2D eigenvalue weighted by molar-refractivity contribution is 0.102. The number of rotatable bonds is 5. The van der Waals surface area contributed by atoms with Gasteiger partial charge in [-0.2, -0.15) is 0 Å². The first-order chi connectivity index (χ1) is 13.2. The van der Waals surface area contributed by atoms with Crippen molar-refractivity contribution in [1.29, 1.82) is 0 Å². The number of nitrogens with one attached hydrogen (secondary N) is 1. The molecule has 138 valence electrons. The van der Waals surface area contributed by atoms with E-state index in [1.807, 2.05) is 37.4 Å². The summed E-state index contributed by atoms with van der Waals surface area (Å²) in [6.45, 7) is 3.39. The van der Waals surface area contributed by atoms with Gasteiger partial charge in [-0.05, 0) is 50.5 Å². The zero-order valence-electron chi connectivity index (χ0n) is 15.2. The zero-order valence-corrected chi connectivity index (χ0v) is 15.2. The Balaban J connectivity index is 1.46. The molecule has 0 unspecified atom stereocenters. The predicted octanol–water partition coefficient (Wildman–Crippen LogP) is 3.33. The second-order valence-corrected chi connectivity index (χ2v) is 6.39. The highest BCUT2D eigenvalue weighted by molar-refractivity contribution is 6.02. The summed E-state index contributed by atoms with van der Waals surface area (Å²) in [6.07, 6.45) is 8.33. The number of fused-ring (bicyclic) bond motifs is 1. The number of aryl methyl sites for hydroxylation is 1. The Bertz CT molecular complexity index is 932. The van der Waals surface area contributed by atoms with Gasteiger partial charge in [-0.15, -0.1) is 0 Å². The van der Waals surface area contributed by atoms with E-state index in [2.05, 4.69) is 24.8 Å². The van der Waals surface area contributed by atoms with Crippen molar-refractivity contribution in [3.8, 4) is 17.3 Å². The van der Waals surface area contributed by atoms with Gasteiger partial charge in [-0.25, -0.2) is 15.0 Å². The van der Waals surface area contributed by atoms with E-state index in [-0.39, 0.29) is 11.6 Å². The van der Waals surface area contributed by atoms with Crippen LogP contribution in [0.25, 0.3) is 11.4 Å². The number of amides is 1. The van der Waals surface area contributed by atoms with E-state index in [9.17, 15) is 4.79 Å². The fourth-order valence-electron chi connectivity index (χ4n) is 3.22. The first kappa shape index (κ1) is 17.2. The number of nitrogens with zero attached hydrogens (tertiary/aromatic N) is 4. The molecule has 1 aliphatic heterocycles. The van der Waals surface area contributed by atoms with Gasteiger partial charge >= 0.3 is 0 Å². The second kappa shape index (κ2) is 7.57. The van der Waals surface area contributed by atoms with E-state index in [0.717, 1.165) is 24.4 Å². The summed E-state index contributed by atoms with van der Waals surface area (Å²) in [5.41, 5.74) is 3.28. The lowest BCUT2D eigenvalue weighted by atomic mass is 10.1. The Morgan fingerprint density at radius 2 is 1.96 bits per heavy atom. The standard InChI is InChI=1S/C20H21N5O2/c1-2-27-18-13-21-17(12-22-18)20(26)24-15-8-6-14(7-9-15)19-23-11-16-5-3-4-10-25(16)19/h6-9,11-13H,2-5,10H2,1H3,(H,24,26). The number of aromatic nitrogens is 4. The molecule has 1 amide bonds. The largest absolute Gasteiger partial charge is 0.477 e. The first-order valence-corrected chi connectivity index (χ1v) is 9.15. The van der Waals surface area contributed by atoms with Crippen LogP contribution in [0.15, 0.2) is 42.9 Å². The average Bonchev–Trinajstić information content (AvgIpc) is 3.13. The molecule has 3 aromatic rings. The lowest BCUT2D eigenvalue weighted by Crippen LogP contribution is -2.14. The third-order valence-corrected chi connectivity index (χ3v) is 4.56. The van der Waals surface area contributed by atoms with Crippen molar-refractivity contribution in [2.24, 2.45) is 0 Å². The fourth-order valence-corrected chi connectivity index (χ4v) is 3.22. The molecule has 3 heterocycles. The van der Waals surface area contributed by atoms with Gasteiger partial charge in [0, 0.05) is 29.7 Å². The van der Waals surface area contributed by atoms with Crippen LogP contribution in [0.3, 0.4) is 0 Å². The molecule has 1 N–H and O–H groups in total. The second-order valence-electron chi connectivity index (χ2n) is 6.39. The predicted molar refractivity (Wildman–Crippen MR) is 102 cm³/mol. The van der Waals surface area contributed by atoms with Crippen LogP contribution in [0.5, 0.6) is 5.88 Å². The van der Waals surface area contributed by atoms with Crippen molar-refractivity contribution in [3.05, 3.63) is 54.2 Å². The van der Waals surface area contributed by atoms with Crippen LogP contribution in [0.2, 0.25) is 0 Å². The minimum Gasteiger partial charge on any atom is -0.477 e. The number of anilines is 1. The first-order valence-electron chi connectivity index (χ1n) is 9.15. The molecule has 0 fully saturated rings. The molecule has 1 aromatic carbocycles. The Hall–Kier alpha value is -3.22. The van der Waals surface area contributed by atoms with E-state index in [1.165, 1.54) is 30.9 Å². The van der Waals surface area contributed by atoms with Crippen molar-refractivity contribution in [3.63, 3.8) is 0 Å². The molecule has 1 aliphatic rings. The van der Waals surface area contributed by atoms with Gasteiger partial charge in [0.25, 0.3) is 5.91 Å². The smallest absolute Gasteiger partial charge is 0.275 e. The summed E-state index contributed by atoms with van der Waals surface area (Å²) in [5.74, 6) is 1.08. The molecule has 2 aromatic heterocycles. The van der Waals surface area contributed by atoms with Gasteiger partial charge in [0.05, 0.1) is 19.0 Å². The Labute approximate surface area is 157 Å². The van der Waals surface area contributed by atoms with Gasteiger partial charge in [0.1, 0.15) is 11.5 Å². The zero-order chi connectivity index (χ0) is 18.6. The van der Waals surface area contributed by atoms with Crippen LogP contribution in [-0.4, -0.2) is 32.0 Å². The van der Waals surface area contributed by atoms with Crippen molar-refractivity contribution >= 4 is 11.6 Å². The lowest BCUT2D eigenvalue weighted by Gasteiger charge is -2.16. The van der Waals surface area contributed by atoms with E-state index in [4.69, 9.17) is 4.74 Å². The van der Waals surface area contributed by atoms with Crippen LogP contribution in [0.1, 0.15) is 35.9 Å². The van der Waals surface area contributed by atoms with Crippen molar-refractivity contribution in [1.82, 2.24) is 19.5 Å². The maximum absolute atomic E-state index is 12.3. The molecule has 4 rings (SSSR count). The summed E-state index contributed by atoms with van der Waals surface area (Å²) >= 11 is 0. The Kier molecular flexibility index (Phi) is 4.82. The Morgan fingerprint density at radius 3 is 2.70 bits per heavy atom. The topological polar surface area (TPSA) is 81.9 Å².